The van der Waals surface area contributed by atoms with Gasteiger partial charge in [0.05, 0.1) is 10.0 Å². The van der Waals surface area contributed by atoms with Crippen LogP contribution in [0.1, 0.15) is 33.7 Å². The van der Waals surface area contributed by atoms with E-state index >= 15 is 0 Å². The third-order valence-corrected chi connectivity index (χ3v) is 4.55. The van der Waals surface area contributed by atoms with Gasteiger partial charge in [0.1, 0.15) is 5.69 Å². The second kappa shape index (κ2) is 7.20. The van der Waals surface area contributed by atoms with Crippen LogP contribution in [0.5, 0.6) is 0 Å². The number of benzene rings is 1. The third-order valence-electron chi connectivity index (χ3n) is 3.81. The number of pyridine rings is 1. The molecule has 124 valence electrons. The molecular weight excluding hydrogens is 349 g/mol. The minimum absolute atomic E-state index is 0.142. The Morgan fingerprint density at radius 3 is 2.50 bits per heavy atom. The fraction of sp³-hybridized carbons (Fsp3) is 0.235. The van der Waals surface area contributed by atoms with Crippen molar-refractivity contribution in [3.8, 4) is 0 Å². The number of likely N-dealkylation sites (tertiary alicyclic amines) is 1. The van der Waals surface area contributed by atoms with Crippen LogP contribution in [0.15, 0.2) is 36.5 Å². The van der Waals surface area contributed by atoms with Crippen molar-refractivity contribution >= 4 is 40.7 Å². The second-order valence-electron chi connectivity index (χ2n) is 5.51. The molecule has 0 radical (unpaired) electrons. The van der Waals surface area contributed by atoms with Gasteiger partial charge in [-0.15, -0.1) is 0 Å². The predicted octanol–water partition coefficient (Wildman–Crippen LogP) is 3.88. The maximum Gasteiger partial charge on any atom is 0.272 e. The van der Waals surface area contributed by atoms with Crippen LogP contribution < -0.4 is 5.32 Å². The molecule has 1 N–H and O–H groups in total. The second-order valence-corrected chi connectivity index (χ2v) is 6.33. The Kier molecular flexibility index (Phi) is 5.02. The Morgan fingerprint density at radius 1 is 1.04 bits per heavy atom. The molecule has 0 spiro atoms. The number of carbonyl (C=O) groups is 2. The van der Waals surface area contributed by atoms with Crippen LogP contribution in [-0.4, -0.2) is 34.8 Å². The molecule has 0 atom stereocenters. The molecular formula is C17H15Cl2N3O2. The molecule has 1 saturated heterocycles. The number of nitrogens with one attached hydrogen (secondary N) is 1. The predicted molar refractivity (Wildman–Crippen MR) is 93.8 cm³/mol. The molecule has 0 unspecified atom stereocenters. The Labute approximate surface area is 149 Å². The summed E-state index contributed by atoms with van der Waals surface area (Å²) in [5, 5.41) is 3.50. The highest BCUT2D eigenvalue weighted by Gasteiger charge is 2.21. The van der Waals surface area contributed by atoms with E-state index < -0.39 is 0 Å². The van der Waals surface area contributed by atoms with Gasteiger partial charge in [0.25, 0.3) is 11.8 Å². The molecule has 0 aliphatic carbocycles. The number of anilines is 1. The van der Waals surface area contributed by atoms with Crippen molar-refractivity contribution in [2.24, 2.45) is 0 Å². The standard InChI is InChI=1S/C17H15Cl2N3O2/c18-13-4-3-12(10-14(13)19)21-16(23)11-5-6-20-15(9-11)17(24)22-7-1-2-8-22/h3-6,9-10H,1-2,7-8H2,(H,21,23). The molecule has 2 heterocycles. The van der Waals surface area contributed by atoms with Crippen molar-refractivity contribution < 1.29 is 9.59 Å². The zero-order valence-electron chi connectivity index (χ0n) is 12.8. The van der Waals surface area contributed by atoms with Gasteiger partial charge in [-0.1, -0.05) is 23.2 Å². The first-order chi connectivity index (χ1) is 11.5. The number of nitrogens with zero attached hydrogens (tertiary/aromatic N) is 2. The fourth-order valence-electron chi connectivity index (χ4n) is 2.55. The topological polar surface area (TPSA) is 62.3 Å². The highest BCUT2D eigenvalue weighted by molar-refractivity contribution is 6.42. The summed E-state index contributed by atoms with van der Waals surface area (Å²) < 4.78 is 0. The maximum atomic E-state index is 12.4. The van der Waals surface area contributed by atoms with Crippen molar-refractivity contribution in [1.29, 1.82) is 0 Å². The first-order valence-electron chi connectivity index (χ1n) is 7.56. The molecule has 3 rings (SSSR count). The minimum Gasteiger partial charge on any atom is -0.337 e. The van der Waals surface area contributed by atoms with Gasteiger partial charge in [0.2, 0.25) is 0 Å². The van der Waals surface area contributed by atoms with Gasteiger partial charge in [-0.3, -0.25) is 14.6 Å². The lowest BCUT2D eigenvalue weighted by molar-refractivity contribution is 0.0787. The zero-order valence-corrected chi connectivity index (χ0v) is 14.3. The molecule has 5 nitrogen and oxygen atoms in total. The van der Waals surface area contributed by atoms with Gasteiger partial charge in [0, 0.05) is 30.5 Å². The summed E-state index contributed by atoms with van der Waals surface area (Å²) in [6.07, 6.45) is 3.47. The monoisotopic (exact) mass is 363 g/mol. The Balaban J connectivity index is 1.76. The average Bonchev–Trinajstić information content (AvgIpc) is 3.12. The summed E-state index contributed by atoms with van der Waals surface area (Å²) in [4.78, 5) is 30.6. The van der Waals surface area contributed by atoms with E-state index in [2.05, 4.69) is 10.3 Å². The first-order valence-corrected chi connectivity index (χ1v) is 8.32. The third kappa shape index (κ3) is 3.68. The van der Waals surface area contributed by atoms with Crippen LogP contribution in [0.4, 0.5) is 5.69 Å². The SMILES string of the molecule is O=C(Nc1ccc(Cl)c(Cl)c1)c1ccnc(C(=O)N2CCCC2)c1. The first kappa shape index (κ1) is 16.7. The fourth-order valence-corrected chi connectivity index (χ4v) is 2.85. The number of hydrogen-bond acceptors (Lipinski definition) is 3. The average molecular weight is 364 g/mol. The molecule has 1 aliphatic heterocycles. The smallest absolute Gasteiger partial charge is 0.272 e. The molecule has 1 aromatic carbocycles. The van der Waals surface area contributed by atoms with Crippen LogP contribution in [0.3, 0.4) is 0 Å². The number of amides is 2. The summed E-state index contributed by atoms with van der Waals surface area (Å²) in [7, 11) is 0. The molecule has 0 saturated carbocycles. The van der Waals surface area contributed by atoms with E-state index in [-0.39, 0.29) is 17.5 Å². The van der Waals surface area contributed by atoms with E-state index in [1.807, 2.05) is 0 Å². The van der Waals surface area contributed by atoms with E-state index in [4.69, 9.17) is 23.2 Å². The highest BCUT2D eigenvalue weighted by atomic mass is 35.5. The van der Waals surface area contributed by atoms with Crippen molar-refractivity contribution in [2.75, 3.05) is 18.4 Å². The van der Waals surface area contributed by atoms with Gasteiger partial charge >= 0.3 is 0 Å². The van der Waals surface area contributed by atoms with Crippen LogP contribution >= 0.6 is 23.2 Å². The van der Waals surface area contributed by atoms with Gasteiger partial charge in [-0.2, -0.15) is 0 Å². The van der Waals surface area contributed by atoms with Crippen LogP contribution in [0.25, 0.3) is 0 Å². The summed E-state index contributed by atoms with van der Waals surface area (Å²) in [6, 6.07) is 7.90. The van der Waals surface area contributed by atoms with E-state index in [9.17, 15) is 9.59 Å². The van der Waals surface area contributed by atoms with E-state index in [0.717, 1.165) is 25.9 Å². The quantitative estimate of drug-likeness (QED) is 0.899. The summed E-state index contributed by atoms with van der Waals surface area (Å²) in [5.41, 5.74) is 1.16. The van der Waals surface area contributed by atoms with Crippen LogP contribution in [0, 0.1) is 0 Å². The normalized spacial score (nSPS) is 13.8. The Morgan fingerprint density at radius 2 is 1.79 bits per heavy atom. The van der Waals surface area contributed by atoms with Gasteiger partial charge in [0.15, 0.2) is 0 Å². The summed E-state index contributed by atoms with van der Waals surface area (Å²) in [6.45, 7) is 1.47. The van der Waals surface area contributed by atoms with E-state index in [0.29, 0.717) is 21.3 Å². The van der Waals surface area contributed by atoms with Gasteiger partial charge in [-0.05, 0) is 43.2 Å². The van der Waals surface area contributed by atoms with E-state index in [1.165, 1.54) is 12.3 Å². The Bertz CT molecular complexity index is 789. The molecule has 7 heteroatoms. The molecule has 2 aromatic rings. The van der Waals surface area contributed by atoms with Crippen molar-refractivity contribution in [3.63, 3.8) is 0 Å². The largest absolute Gasteiger partial charge is 0.337 e. The molecule has 1 aromatic heterocycles. The molecule has 24 heavy (non-hydrogen) atoms. The lowest BCUT2D eigenvalue weighted by Crippen LogP contribution is -2.28. The van der Waals surface area contributed by atoms with Gasteiger partial charge in [-0.25, -0.2) is 0 Å². The lowest BCUT2D eigenvalue weighted by Gasteiger charge is -2.14. The minimum atomic E-state index is -0.341. The molecule has 2 amide bonds. The maximum absolute atomic E-state index is 12.4. The molecule has 1 aliphatic rings. The number of hydrogen-bond donors (Lipinski definition) is 1. The highest BCUT2D eigenvalue weighted by Crippen LogP contribution is 2.25. The number of rotatable bonds is 3. The number of halogens is 2. The lowest BCUT2D eigenvalue weighted by atomic mass is 10.2. The van der Waals surface area contributed by atoms with E-state index in [1.54, 1.807) is 29.2 Å². The number of aromatic nitrogens is 1. The summed E-state index contributed by atoms with van der Waals surface area (Å²) >= 11 is 11.8. The molecule has 1 fully saturated rings. The zero-order chi connectivity index (χ0) is 17.1. The Hall–Kier alpha value is -2.11. The molecule has 0 bridgehead atoms. The van der Waals surface area contributed by atoms with Crippen molar-refractivity contribution in [2.45, 2.75) is 12.8 Å². The van der Waals surface area contributed by atoms with Crippen molar-refractivity contribution in [3.05, 3.63) is 57.8 Å². The van der Waals surface area contributed by atoms with Crippen LogP contribution in [-0.2, 0) is 0 Å². The summed E-state index contributed by atoms with van der Waals surface area (Å²) in [5.74, 6) is -0.483. The van der Waals surface area contributed by atoms with Gasteiger partial charge < -0.3 is 10.2 Å². The van der Waals surface area contributed by atoms with Crippen molar-refractivity contribution in [1.82, 2.24) is 9.88 Å². The van der Waals surface area contributed by atoms with Crippen LogP contribution in [0.2, 0.25) is 10.0 Å². The number of carbonyl (C=O) groups excluding carboxylic acids is 2.